The van der Waals surface area contributed by atoms with E-state index < -0.39 is 0 Å². The highest BCUT2D eigenvalue weighted by Crippen LogP contribution is 2.00. The Balaban J connectivity index is 2.10. The predicted octanol–water partition coefficient (Wildman–Crippen LogP) is 3.34. The molecule has 0 spiro atoms. The van der Waals surface area contributed by atoms with Crippen LogP contribution in [0.1, 0.15) is 12.0 Å². The van der Waals surface area contributed by atoms with E-state index in [2.05, 4.69) is 24.8 Å². The lowest BCUT2D eigenvalue weighted by molar-refractivity contribution is 0.125. The Morgan fingerprint density at radius 3 is 2.71 bits per heavy atom. The van der Waals surface area contributed by atoms with Crippen molar-refractivity contribution in [1.29, 1.82) is 0 Å². The maximum atomic E-state index is 5.48. The number of allylic oxidation sites excluding steroid dienone is 2. The first-order valence-corrected chi connectivity index (χ1v) is 4.82. The topological polar surface area (TPSA) is 9.23 Å². The van der Waals surface area contributed by atoms with E-state index in [1.165, 1.54) is 5.56 Å². The highest BCUT2D eigenvalue weighted by Gasteiger charge is 1.89. The summed E-state index contributed by atoms with van der Waals surface area (Å²) < 4.78 is 5.48. The van der Waals surface area contributed by atoms with Crippen LogP contribution in [0.5, 0.6) is 0 Å². The molecule has 0 aliphatic rings. The summed E-state index contributed by atoms with van der Waals surface area (Å²) in [6, 6.07) is 10.2. The van der Waals surface area contributed by atoms with Crippen molar-refractivity contribution in [3.63, 3.8) is 0 Å². The lowest BCUT2D eigenvalue weighted by Crippen LogP contribution is -1.93. The van der Waals surface area contributed by atoms with Gasteiger partial charge < -0.3 is 4.74 Å². The minimum absolute atomic E-state index is 0.697. The highest BCUT2D eigenvalue weighted by atomic mass is 16.5. The van der Waals surface area contributed by atoms with Crippen molar-refractivity contribution >= 4 is 0 Å². The van der Waals surface area contributed by atoms with Gasteiger partial charge in [0.2, 0.25) is 0 Å². The molecule has 1 rings (SSSR count). The second kappa shape index (κ2) is 7.10. The van der Waals surface area contributed by atoms with Crippen molar-refractivity contribution in [2.45, 2.75) is 13.0 Å². The van der Waals surface area contributed by atoms with Gasteiger partial charge in [-0.1, -0.05) is 55.1 Å². The molecule has 1 aromatic carbocycles. The van der Waals surface area contributed by atoms with E-state index in [9.17, 15) is 0 Å². The number of hydrogen-bond acceptors (Lipinski definition) is 1. The molecule has 0 aromatic heterocycles. The zero-order valence-corrected chi connectivity index (χ0v) is 8.36. The molecule has 0 unspecified atom stereocenters. The normalized spacial score (nSPS) is 10.6. The summed E-state index contributed by atoms with van der Waals surface area (Å²) in [4.78, 5) is 0. The molecule has 0 atom stereocenters. The van der Waals surface area contributed by atoms with Gasteiger partial charge in [-0.15, -0.1) is 0 Å². The van der Waals surface area contributed by atoms with Crippen molar-refractivity contribution in [3.05, 3.63) is 60.7 Å². The first kappa shape index (κ1) is 10.7. The molecule has 0 fully saturated rings. The van der Waals surface area contributed by atoms with Crippen molar-refractivity contribution in [2.75, 3.05) is 6.61 Å². The zero-order chi connectivity index (χ0) is 10.1. The average Bonchev–Trinajstić information content (AvgIpc) is 2.25. The minimum atomic E-state index is 0.697. The second-order valence-corrected chi connectivity index (χ2v) is 2.99. The smallest absolute Gasteiger partial charge is 0.0717 e. The number of benzene rings is 1. The van der Waals surface area contributed by atoms with E-state index in [1.54, 1.807) is 6.08 Å². The largest absolute Gasteiger partial charge is 0.376 e. The first-order valence-electron chi connectivity index (χ1n) is 4.82. The van der Waals surface area contributed by atoms with E-state index >= 15 is 0 Å². The summed E-state index contributed by atoms with van der Waals surface area (Å²) in [5.41, 5.74) is 1.22. The van der Waals surface area contributed by atoms with Crippen LogP contribution >= 0.6 is 0 Å². The Labute approximate surface area is 85.7 Å². The molecule has 14 heavy (non-hydrogen) atoms. The van der Waals surface area contributed by atoms with Crippen LogP contribution in [0.3, 0.4) is 0 Å². The summed E-state index contributed by atoms with van der Waals surface area (Å²) >= 11 is 0. The number of ether oxygens (including phenoxy) is 1. The summed E-state index contributed by atoms with van der Waals surface area (Å²) in [7, 11) is 0. The third-order valence-electron chi connectivity index (χ3n) is 1.81. The summed E-state index contributed by atoms with van der Waals surface area (Å²) in [5, 5.41) is 0. The molecule has 0 heterocycles. The SMILES string of the molecule is C=CC=CCCOCc1ccccc1. The van der Waals surface area contributed by atoms with Crippen LogP contribution in [0.25, 0.3) is 0 Å². The molecule has 0 aliphatic carbocycles. The zero-order valence-electron chi connectivity index (χ0n) is 8.36. The standard InChI is InChI=1S/C13H16O/c1-2-3-4-8-11-14-12-13-9-6-5-7-10-13/h2-7,9-10H,1,8,11-12H2. The Morgan fingerprint density at radius 1 is 1.21 bits per heavy atom. The fourth-order valence-electron chi connectivity index (χ4n) is 1.11. The molecule has 0 saturated carbocycles. The second-order valence-electron chi connectivity index (χ2n) is 2.99. The summed E-state index contributed by atoms with van der Waals surface area (Å²) in [6.07, 6.45) is 6.71. The predicted molar refractivity (Wildman–Crippen MR) is 60.1 cm³/mol. The quantitative estimate of drug-likeness (QED) is 0.491. The van der Waals surface area contributed by atoms with Crippen molar-refractivity contribution in [1.82, 2.24) is 0 Å². The van der Waals surface area contributed by atoms with Crippen LogP contribution in [-0.4, -0.2) is 6.61 Å². The summed E-state index contributed by atoms with van der Waals surface area (Å²) in [6.45, 7) is 5.06. The van der Waals surface area contributed by atoms with Gasteiger partial charge in [-0.2, -0.15) is 0 Å². The lowest BCUT2D eigenvalue weighted by Gasteiger charge is -2.01. The van der Waals surface area contributed by atoms with Gasteiger partial charge >= 0.3 is 0 Å². The first-order chi connectivity index (χ1) is 6.93. The molecule has 1 nitrogen and oxygen atoms in total. The van der Waals surface area contributed by atoms with Crippen molar-refractivity contribution < 1.29 is 4.74 Å². The fraction of sp³-hybridized carbons (Fsp3) is 0.231. The molecule has 74 valence electrons. The van der Waals surface area contributed by atoms with E-state index in [0.717, 1.165) is 13.0 Å². The van der Waals surface area contributed by atoms with E-state index in [1.807, 2.05) is 24.3 Å². The molecular weight excluding hydrogens is 172 g/mol. The Kier molecular flexibility index (Phi) is 5.45. The number of rotatable bonds is 6. The van der Waals surface area contributed by atoms with Gasteiger partial charge in [0.25, 0.3) is 0 Å². The van der Waals surface area contributed by atoms with Crippen LogP contribution in [0.15, 0.2) is 55.1 Å². The summed E-state index contributed by atoms with van der Waals surface area (Å²) in [5.74, 6) is 0. The Morgan fingerprint density at radius 2 is 2.00 bits per heavy atom. The van der Waals surface area contributed by atoms with Gasteiger partial charge in [-0.25, -0.2) is 0 Å². The van der Waals surface area contributed by atoms with Crippen LogP contribution in [-0.2, 0) is 11.3 Å². The van der Waals surface area contributed by atoms with Gasteiger partial charge in [0, 0.05) is 0 Å². The molecule has 1 aromatic rings. The third-order valence-corrected chi connectivity index (χ3v) is 1.81. The Hall–Kier alpha value is -1.34. The Bertz CT molecular complexity index is 275. The monoisotopic (exact) mass is 188 g/mol. The molecule has 0 radical (unpaired) electrons. The minimum Gasteiger partial charge on any atom is -0.376 e. The van der Waals surface area contributed by atoms with Crippen molar-refractivity contribution in [3.8, 4) is 0 Å². The fourth-order valence-corrected chi connectivity index (χ4v) is 1.11. The van der Waals surface area contributed by atoms with Crippen LogP contribution in [0.4, 0.5) is 0 Å². The maximum Gasteiger partial charge on any atom is 0.0717 e. The van der Waals surface area contributed by atoms with E-state index in [4.69, 9.17) is 4.74 Å². The molecular formula is C13H16O. The highest BCUT2D eigenvalue weighted by molar-refractivity contribution is 5.13. The maximum absolute atomic E-state index is 5.48. The molecule has 0 aliphatic heterocycles. The van der Waals surface area contributed by atoms with E-state index in [0.29, 0.717) is 6.61 Å². The van der Waals surface area contributed by atoms with Gasteiger partial charge in [0.1, 0.15) is 0 Å². The van der Waals surface area contributed by atoms with Crippen molar-refractivity contribution in [2.24, 2.45) is 0 Å². The van der Waals surface area contributed by atoms with E-state index in [-0.39, 0.29) is 0 Å². The molecule has 0 saturated heterocycles. The number of hydrogen-bond donors (Lipinski definition) is 0. The molecule has 0 amide bonds. The van der Waals surface area contributed by atoms with Crippen LogP contribution < -0.4 is 0 Å². The molecule has 1 heteroatoms. The van der Waals surface area contributed by atoms with Crippen LogP contribution in [0, 0.1) is 0 Å². The third kappa shape index (κ3) is 4.63. The van der Waals surface area contributed by atoms with Crippen LogP contribution in [0.2, 0.25) is 0 Å². The molecule has 0 N–H and O–H groups in total. The lowest BCUT2D eigenvalue weighted by atomic mass is 10.2. The van der Waals surface area contributed by atoms with Gasteiger partial charge in [0.05, 0.1) is 13.2 Å². The average molecular weight is 188 g/mol. The van der Waals surface area contributed by atoms with Gasteiger partial charge in [-0.05, 0) is 12.0 Å². The van der Waals surface area contributed by atoms with Gasteiger partial charge in [0.15, 0.2) is 0 Å². The van der Waals surface area contributed by atoms with Gasteiger partial charge in [-0.3, -0.25) is 0 Å². The molecule has 0 bridgehead atoms.